The summed E-state index contributed by atoms with van der Waals surface area (Å²) in [6.45, 7) is 6.13. The maximum absolute atomic E-state index is 12.6. The largest absolute Gasteiger partial charge is 0.356 e. The number of fused-ring (bicyclic) bond motifs is 1. The molecule has 0 saturated carbocycles. The van der Waals surface area contributed by atoms with E-state index in [1.165, 1.54) is 0 Å². The molecule has 4 rings (SSSR count). The van der Waals surface area contributed by atoms with Crippen molar-refractivity contribution in [1.29, 1.82) is 0 Å². The van der Waals surface area contributed by atoms with Gasteiger partial charge >= 0.3 is 0 Å². The van der Waals surface area contributed by atoms with Gasteiger partial charge in [0.1, 0.15) is 11.7 Å². The molecule has 144 valence electrons. The number of aromatic nitrogens is 4. The molecule has 28 heavy (non-hydrogen) atoms. The Morgan fingerprint density at radius 1 is 1.14 bits per heavy atom. The minimum absolute atomic E-state index is 0.0944. The fourth-order valence-corrected chi connectivity index (χ4v) is 3.64. The molecule has 0 aliphatic carbocycles. The second-order valence-corrected chi connectivity index (χ2v) is 7.13. The quantitative estimate of drug-likeness (QED) is 0.726. The fraction of sp³-hybridized carbons (Fsp3) is 0.300. The number of rotatable bonds is 4. The summed E-state index contributed by atoms with van der Waals surface area (Å²) < 4.78 is 0. The van der Waals surface area contributed by atoms with Gasteiger partial charge in [0.25, 0.3) is 0 Å². The molecular weight excluding hydrogens is 354 g/mol. The Morgan fingerprint density at radius 2 is 1.96 bits per heavy atom. The Hall–Kier alpha value is -3.42. The van der Waals surface area contributed by atoms with Crippen LogP contribution in [0.15, 0.2) is 42.7 Å². The SMILES string of the molecule is CC(C)N1c2cc(Nc3nccc(-c4cc[nH]n4)n3)ccc2N(C)C(=O)C1C. The maximum atomic E-state index is 12.6. The molecule has 0 saturated heterocycles. The number of benzene rings is 1. The molecule has 1 unspecified atom stereocenters. The van der Waals surface area contributed by atoms with E-state index in [1.807, 2.05) is 44.3 Å². The Balaban J connectivity index is 1.68. The predicted octanol–water partition coefficient (Wildman–Crippen LogP) is 3.19. The average molecular weight is 377 g/mol. The molecule has 1 amide bonds. The van der Waals surface area contributed by atoms with Crippen LogP contribution < -0.4 is 15.1 Å². The third kappa shape index (κ3) is 3.06. The summed E-state index contributed by atoms with van der Waals surface area (Å²) in [5.41, 5.74) is 4.26. The van der Waals surface area contributed by atoms with Crippen molar-refractivity contribution in [3.63, 3.8) is 0 Å². The van der Waals surface area contributed by atoms with Crippen LogP contribution in [0.5, 0.6) is 0 Å². The summed E-state index contributed by atoms with van der Waals surface area (Å²) >= 11 is 0. The normalized spacial score (nSPS) is 16.5. The summed E-state index contributed by atoms with van der Waals surface area (Å²) in [6, 6.07) is 9.58. The van der Waals surface area contributed by atoms with Crippen molar-refractivity contribution in [3.8, 4) is 11.4 Å². The first-order chi connectivity index (χ1) is 13.5. The molecule has 1 aliphatic rings. The first kappa shape index (κ1) is 18.0. The molecule has 0 fully saturated rings. The summed E-state index contributed by atoms with van der Waals surface area (Å²) in [6.07, 6.45) is 3.46. The van der Waals surface area contributed by atoms with E-state index in [9.17, 15) is 4.79 Å². The Bertz CT molecular complexity index is 1000. The van der Waals surface area contributed by atoms with E-state index < -0.39 is 0 Å². The molecule has 8 heteroatoms. The molecule has 0 spiro atoms. The van der Waals surface area contributed by atoms with Gasteiger partial charge in [0.2, 0.25) is 11.9 Å². The van der Waals surface area contributed by atoms with Crippen LogP contribution in [-0.2, 0) is 4.79 Å². The molecule has 0 radical (unpaired) electrons. The lowest BCUT2D eigenvalue weighted by molar-refractivity contribution is -0.119. The van der Waals surface area contributed by atoms with Crippen LogP contribution in [0, 0.1) is 0 Å². The first-order valence-corrected chi connectivity index (χ1v) is 9.26. The van der Waals surface area contributed by atoms with Crippen molar-refractivity contribution in [2.24, 2.45) is 0 Å². The van der Waals surface area contributed by atoms with E-state index in [4.69, 9.17) is 0 Å². The number of hydrogen-bond donors (Lipinski definition) is 2. The molecule has 2 N–H and O–H groups in total. The van der Waals surface area contributed by atoms with Gasteiger partial charge in [-0.3, -0.25) is 9.89 Å². The molecule has 1 aliphatic heterocycles. The minimum Gasteiger partial charge on any atom is -0.356 e. The van der Waals surface area contributed by atoms with Gasteiger partial charge in [-0.2, -0.15) is 5.10 Å². The van der Waals surface area contributed by atoms with Gasteiger partial charge in [-0.1, -0.05) is 0 Å². The van der Waals surface area contributed by atoms with E-state index in [0.717, 1.165) is 28.5 Å². The van der Waals surface area contributed by atoms with Crippen LogP contribution in [0.25, 0.3) is 11.4 Å². The monoisotopic (exact) mass is 377 g/mol. The Kier molecular flexibility index (Phi) is 4.46. The molecule has 1 aromatic carbocycles. The number of hydrogen-bond acceptors (Lipinski definition) is 6. The van der Waals surface area contributed by atoms with Crippen molar-refractivity contribution in [1.82, 2.24) is 20.2 Å². The molecule has 2 aromatic heterocycles. The zero-order chi connectivity index (χ0) is 19.8. The molecule has 3 heterocycles. The highest BCUT2D eigenvalue weighted by atomic mass is 16.2. The van der Waals surface area contributed by atoms with Crippen molar-refractivity contribution in [2.75, 3.05) is 22.2 Å². The zero-order valence-corrected chi connectivity index (χ0v) is 16.3. The van der Waals surface area contributed by atoms with E-state index in [0.29, 0.717) is 5.95 Å². The van der Waals surface area contributed by atoms with Gasteiger partial charge in [0.05, 0.1) is 17.1 Å². The summed E-state index contributed by atoms with van der Waals surface area (Å²) in [4.78, 5) is 25.3. The summed E-state index contributed by atoms with van der Waals surface area (Å²) in [7, 11) is 1.82. The van der Waals surface area contributed by atoms with Crippen LogP contribution in [-0.4, -0.2) is 45.2 Å². The number of aromatic amines is 1. The van der Waals surface area contributed by atoms with Gasteiger partial charge in [-0.25, -0.2) is 9.97 Å². The highest BCUT2D eigenvalue weighted by Gasteiger charge is 2.34. The average Bonchev–Trinajstić information content (AvgIpc) is 3.21. The lowest BCUT2D eigenvalue weighted by atomic mass is 10.0. The van der Waals surface area contributed by atoms with E-state index in [1.54, 1.807) is 17.3 Å². The van der Waals surface area contributed by atoms with Crippen LogP contribution in [0.2, 0.25) is 0 Å². The van der Waals surface area contributed by atoms with Gasteiger partial charge < -0.3 is 15.1 Å². The highest BCUT2D eigenvalue weighted by Crippen LogP contribution is 2.39. The summed E-state index contributed by atoms with van der Waals surface area (Å²) in [5.74, 6) is 0.585. The molecule has 3 aromatic rings. The van der Waals surface area contributed by atoms with Crippen molar-refractivity contribution >= 4 is 28.9 Å². The van der Waals surface area contributed by atoms with Crippen molar-refractivity contribution in [3.05, 3.63) is 42.7 Å². The van der Waals surface area contributed by atoms with Crippen LogP contribution >= 0.6 is 0 Å². The Labute approximate surface area is 163 Å². The molecule has 1 atom stereocenters. The van der Waals surface area contributed by atoms with Crippen LogP contribution in [0.4, 0.5) is 23.0 Å². The topological polar surface area (TPSA) is 90.0 Å². The van der Waals surface area contributed by atoms with Crippen molar-refractivity contribution < 1.29 is 4.79 Å². The maximum Gasteiger partial charge on any atom is 0.249 e. The molecule has 0 bridgehead atoms. The highest BCUT2D eigenvalue weighted by molar-refractivity contribution is 6.05. The van der Waals surface area contributed by atoms with Gasteiger partial charge in [0.15, 0.2) is 0 Å². The zero-order valence-electron chi connectivity index (χ0n) is 16.3. The number of carbonyl (C=O) groups excluding carboxylic acids is 1. The van der Waals surface area contributed by atoms with E-state index >= 15 is 0 Å². The van der Waals surface area contributed by atoms with Crippen LogP contribution in [0.1, 0.15) is 20.8 Å². The third-order valence-corrected chi connectivity index (χ3v) is 4.95. The minimum atomic E-state index is -0.216. The first-order valence-electron chi connectivity index (χ1n) is 9.26. The summed E-state index contributed by atoms with van der Waals surface area (Å²) in [5, 5.41) is 10.2. The van der Waals surface area contributed by atoms with E-state index in [-0.39, 0.29) is 18.0 Å². The predicted molar refractivity (Wildman–Crippen MR) is 110 cm³/mol. The van der Waals surface area contributed by atoms with Crippen LogP contribution in [0.3, 0.4) is 0 Å². The standard InChI is InChI=1S/C20H23N7O/c1-12(2)27-13(3)19(28)26(4)17-6-5-14(11-18(17)27)23-20-21-9-7-15(24-20)16-8-10-22-25-16/h5-13H,1-4H3,(H,22,25)(H,21,23,24). The number of amides is 1. The molecular formula is C20H23N7O. The molecule has 8 nitrogen and oxygen atoms in total. The number of carbonyl (C=O) groups is 1. The lowest BCUT2D eigenvalue weighted by Gasteiger charge is -2.42. The second kappa shape index (κ2) is 6.95. The van der Waals surface area contributed by atoms with Gasteiger partial charge in [-0.05, 0) is 51.1 Å². The number of nitrogens with one attached hydrogen (secondary N) is 2. The number of H-pyrrole nitrogens is 1. The second-order valence-electron chi connectivity index (χ2n) is 7.13. The third-order valence-electron chi connectivity index (χ3n) is 4.95. The Morgan fingerprint density at radius 3 is 2.68 bits per heavy atom. The number of nitrogens with zero attached hydrogens (tertiary/aromatic N) is 5. The number of likely N-dealkylation sites (N-methyl/N-ethyl adjacent to an activating group) is 1. The number of anilines is 4. The fourth-order valence-electron chi connectivity index (χ4n) is 3.64. The smallest absolute Gasteiger partial charge is 0.249 e. The van der Waals surface area contributed by atoms with E-state index in [2.05, 4.69) is 44.2 Å². The van der Waals surface area contributed by atoms with Gasteiger partial charge in [0, 0.05) is 31.2 Å². The lowest BCUT2D eigenvalue weighted by Crippen LogP contribution is -2.53. The van der Waals surface area contributed by atoms with Gasteiger partial charge in [-0.15, -0.1) is 0 Å². The van der Waals surface area contributed by atoms with Crippen molar-refractivity contribution in [2.45, 2.75) is 32.9 Å².